The quantitative estimate of drug-likeness (QED) is 0.860. The first-order valence-electron chi connectivity index (χ1n) is 6.95. The fourth-order valence-corrected chi connectivity index (χ4v) is 2.57. The summed E-state index contributed by atoms with van der Waals surface area (Å²) in [6, 6.07) is 0.748. The molecule has 0 radical (unpaired) electrons. The molecule has 0 spiro atoms. The Bertz CT molecular complexity index is 362. The Morgan fingerprint density at radius 2 is 2.28 bits per heavy atom. The molecule has 0 aliphatic carbocycles. The Morgan fingerprint density at radius 3 is 2.94 bits per heavy atom. The molecule has 1 atom stereocenters. The van der Waals surface area contributed by atoms with E-state index in [2.05, 4.69) is 39.0 Å². The Morgan fingerprint density at radius 1 is 1.44 bits per heavy atom. The Balaban J connectivity index is 1.72. The standard InChI is InChI=1S/C13H25N5/c1-11-6-4-5-7-18(11)9-8-17(3)10-13-14-12(2)15-16-13/h11H,4-10H2,1-3H3,(H,14,15,16)/t11-/m0/s1. The highest BCUT2D eigenvalue weighted by atomic mass is 15.3. The van der Waals surface area contributed by atoms with Crippen LogP contribution in [0, 0.1) is 6.92 Å². The van der Waals surface area contributed by atoms with E-state index in [9.17, 15) is 0 Å². The van der Waals surface area contributed by atoms with E-state index in [0.29, 0.717) is 0 Å². The zero-order valence-corrected chi connectivity index (χ0v) is 11.8. The van der Waals surface area contributed by atoms with E-state index in [4.69, 9.17) is 0 Å². The Hall–Kier alpha value is -0.940. The van der Waals surface area contributed by atoms with E-state index in [1.54, 1.807) is 0 Å². The molecule has 1 N–H and O–H groups in total. The van der Waals surface area contributed by atoms with Crippen molar-refractivity contribution in [3.05, 3.63) is 11.6 Å². The third-order valence-electron chi connectivity index (χ3n) is 3.76. The first-order valence-corrected chi connectivity index (χ1v) is 6.95. The molecular formula is C13H25N5. The second kappa shape index (κ2) is 6.29. The number of likely N-dealkylation sites (tertiary alicyclic amines) is 1. The van der Waals surface area contributed by atoms with Crippen molar-refractivity contribution in [3.8, 4) is 0 Å². The van der Waals surface area contributed by atoms with Crippen LogP contribution in [0.15, 0.2) is 0 Å². The van der Waals surface area contributed by atoms with Gasteiger partial charge in [0, 0.05) is 19.1 Å². The number of likely N-dealkylation sites (N-methyl/N-ethyl adjacent to an activating group) is 1. The van der Waals surface area contributed by atoms with E-state index >= 15 is 0 Å². The minimum absolute atomic E-state index is 0.748. The number of aromatic amines is 1. The van der Waals surface area contributed by atoms with Gasteiger partial charge in [-0.05, 0) is 40.3 Å². The summed E-state index contributed by atoms with van der Waals surface area (Å²) in [7, 11) is 2.14. The average Bonchev–Trinajstić information content (AvgIpc) is 2.74. The van der Waals surface area contributed by atoms with Crippen LogP contribution in [-0.4, -0.2) is 57.7 Å². The summed E-state index contributed by atoms with van der Waals surface area (Å²) in [6.45, 7) is 8.60. The van der Waals surface area contributed by atoms with E-state index in [1.165, 1.54) is 25.8 Å². The highest BCUT2D eigenvalue weighted by Crippen LogP contribution is 2.15. The molecule has 1 aliphatic heterocycles. The molecule has 1 aromatic rings. The maximum absolute atomic E-state index is 4.34. The van der Waals surface area contributed by atoms with Crippen LogP contribution in [0.4, 0.5) is 0 Å². The maximum atomic E-state index is 4.34. The second-order valence-corrected chi connectivity index (χ2v) is 5.46. The third-order valence-corrected chi connectivity index (χ3v) is 3.76. The number of hydrogen-bond donors (Lipinski definition) is 1. The number of nitrogens with one attached hydrogen (secondary N) is 1. The van der Waals surface area contributed by atoms with Gasteiger partial charge in [0.05, 0.1) is 6.54 Å². The van der Waals surface area contributed by atoms with Crippen molar-refractivity contribution in [3.63, 3.8) is 0 Å². The minimum Gasteiger partial charge on any atom is -0.299 e. The van der Waals surface area contributed by atoms with Crippen molar-refractivity contribution in [2.75, 3.05) is 26.7 Å². The monoisotopic (exact) mass is 251 g/mol. The molecule has 1 fully saturated rings. The van der Waals surface area contributed by atoms with E-state index < -0.39 is 0 Å². The van der Waals surface area contributed by atoms with Gasteiger partial charge in [0.15, 0.2) is 5.82 Å². The van der Waals surface area contributed by atoms with Crippen LogP contribution in [0.25, 0.3) is 0 Å². The van der Waals surface area contributed by atoms with Crippen molar-refractivity contribution in [1.82, 2.24) is 25.0 Å². The average molecular weight is 251 g/mol. The van der Waals surface area contributed by atoms with Crippen LogP contribution >= 0.6 is 0 Å². The molecule has 1 aromatic heterocycles. The zero-order valence-electron chi connectivity index (χ0n) is 11.8. The summed E-state index contributed by atoms with van der Waals surface area (Å²) in [6.07, 6.45) is 4.10. The van der Waals surface area contributed by atoms with E-state index in [1.807, 2.05) is 6.92 Å². The summed E-state index contributed by atoms with van der Waals surface area (Å²) in [5.41, 5.74) is 0. The lowest BCUT2D eigenvalue weighted by atomic mass is 10.0. The van der Waals surface area contributed by atoms with E-state index in [-0.39, 0.29) is 0 Å². The predicted octanol–water partition coefficient (Wildman–Crippen LogP) is 1.42. The van der Waals surface area contributed by atoms with Gasteiger partial charge in [-0.25, -0.2) is 4.98 Å². The van der Waals surface area contributed by atoms with Crippen molar-refractivity contribution < 1.29 is 0 Å². The molecule has 1 aliphatic rings. The second-order valence-electron chi connectivity index (χ2n) is 5.46. The van der Waals surface area contributed by atoms with Crippen molar-refractivity contribution in [2.45, 2.75) is 45.7 Å². The summed E-state index contributed by atoms with van der Waals surface area (Å²) in [4.78, 5) is 9.23. The lowest BCUT2D eigenvalue weighted by Gasteiger charge is -2.34. The number of aryl methyl sites for hydroxylation is 1. The van der Waals surface area contributed by atoms with Gasteiger partial charge in [-0.2, -0.15) is 5.10 Å². The summed E-state index contributed by atoms with van der Waals surface area (Å²) >= 11 is 0. The maximum Gasteiger partial charge on any atom is 0.164 e. The normalized spacial score (nSPS) is 21.7. The van der Waals surface area contributed by atoms with Crippen molar-refractivity contribution in [1.29, 1.82) is 0 Å². The van der Waals surface area contributed by atoms with Gasteiger partial charge in [0.2, 0.25) is 0 Å². The molecule has 2 heterocycles. The number of H-pyrrole nitrogens is 1. The highest BCUT2D eigenvalue weighted by Gasteiger charge is 2.18. The molecule has 0 unspecified atom stereocenters. The van der Waals surface area contributed by atoms with Gasteiger partial charge < -0.3 is 0 Å². The van der Waals surface area contributed by atoms with Gasteiger partial charge in [0.1, 0.15) is 5.82 Å². The highest BCUT2D eigenvalue weighted by molar-refractivity contribution is 4.87. The van der Waals surface area contributed by atoms with Crippen LogP contribution in [0.5, 0.6) is 0 Å². The number of piperidine rings is 1. The van der Waals surface area contributed by atoms with Crippen LogP contribution in [0.1, 0.15) is 37.8 Å². The molecule has 0 saturated carbocycles. The number of aromatic nitrogens is 3. The number of rotatable bonds is 5. The molecule has 1 saturated heterocycles. The molecular weight excluding hydrogens is 226 g/mol. The topological polar surface area (TPSA) is 48.1 Å². The first-order chi connectivity index (χ1) is 8.65. The summed E-state index contributed by atoms with van der Waals surface area (Å²) in [5.74, 6) is 1.78. The number of nitrogens with zero attached hydrogens (tertiary/aromatic N) is 4. The molecule has 102 valence electrons. The van der Waals surface area contributed by atoms with Gasteiger partial charge in [0.25, 0.3) is 0 Å². The van der Waals surface area contributed by atoms with E-state index in [0.717, 1.165) is 37.3 Å². The van der Waals surface area contributed by atoms with Crippen LogP contribution in [-0.2, 0) is 6.54 Å². The molecule has 0 amide bonds. The summed E-state index contributed by atoms with van der Waals surface area (Å²) in [5, 5.41) is 7.06. The van der Waals surface area contributed by atoms with Gasteiger partial charge in [-0.3, -0.25) is 14.9 Å². The third kappa shape index (κ3) is 3.78. The predicted molar refractivity (Wildman–Crippen MR) is 72.3 cm³/mol. The smallest absolute Gasteiger partial charge is 0.164 e. The SMILES string of the molecule is Cc1nc(CN(C)CCN2CCCC[C@@H]2C)n[nH]1. The van der Waals surface area contributed by atoms with Crippen LogP contribution in [0.3, 0.4) is 0 Å². The Kier molecular flexibility index (Phi) is 4.72. The van der Waals surface area contributed by atoms with Gasteiger partial charge >= 0.3 is 0 Å². The molecule has 18 heavy (non-hydrogen) atoms. The largest absolute Gasteiger partial charge is 0.299 e. The van der Waals surface area contributed by atoms with Gasteiger partial charge in [-0.15, -0.1) is 0 Å². The summed E-state index contributed by atoms with van der Waals surface area (Å²) < 4.78 is 0. The Labute approximate surface area is 110 Å². The number of hydrogen-bond acceptors (Lipinski definition) is 4. The lowest BCUT2D eigenvalue weighted by Crippen LogP contribution is -2.41. The minimum atomic E-state index is 0.748. The van der Waals surface area contributed by atoms with Crippen LogP contribution < -0.4 is 0 Å². The fraction of sp³-hybridized carbons (Fsp3) is 0.846. The molecule has 2 rings (SSSR count). The first kappa shape index (κ1) is 13.5. The molecule has 0 bridgehead atoms. The lowest BCUT2D eigenvalue weighted by molar-refractivity contribution is 0.140. The molecule has 0 aromatic carbocycles. The van der Waals surface area contributed by atoms with Crippen molar-refractivity contribution in [2.24, 2.45) is 0 Å². The van der Waals surface area contributed by atoms with Crippen molar-refractivity contribution >= 4 is 0 Å². The molecule has 5 heteroatoms. The van der Waals surface area contributed by atoms with Crippen LogP contribution in [0.2, 0.25) is 0 Å². The van der Waals surface area contributed by atoms with Gasteiger partial charge in [-0.1, -0.05) is 6.42 Å². The fourth-order valence-electron chi connectivity index (χ4n) is 2.57. The molecule has 5 nitrogen and oxygen atoms in total. The zero-order chi connectivity index (χ0) is 13.0.